The Morgan fingerprint density at radius 1 is 1.67 bits per heavy atom. The summed E-state index contributed by atoms with van der Waals surface area (Å²) in [6.45, 7) is 1.80. The van der Waals surface area contributed by atoms with Crippen LogP contribution in [0, 0.1) is 12.8 Å². The molecule has 2 heterocycles. The third kappa shape index (κ3) is 1.56. The molecular formula is C10H10N2O3. The van der Waals surface area contributed by atoms with Crippen LogP contribution >= 0.6 is 0 Å². The number of aryl methyl sites for hydroxylation is 1. The first-order valence-corrected chi connectivity index (χ1v) is 4.57. The minimum absolute atomic E-state index is 0.218. The van der Waals surface area contributed by atoms with Gasteiger partial charge in [-0.2, -0.15) is 0 Å². The highest BCUT2D eigenvalue weighted by Gasteiger charge is 2.32. The Bertz CT molecular complexity index is 442. The van der Waals surface area contributed by atoms with Crippen molar-refractivity contribution in [3.8, 4) is 0 Å². The number of fused-ring (bicyclic) bond motifs is 1. The Kier molecular flexibility index (Phi) is 2.15. The lowest BCUT2D eigenvalue weighted by Gasteiger charge is -2.22. The van der Waals surface area contributed by atoms with E-state index in [2.05, 4.69) is 10.3 Å². The van der Waals surface area contributed by atoms with Crippen molar-refractivity contribution in [3.63, 3.8) is 0 Å². The normalized spacial score (nSPS) is 19.3. The lowest BCUT2D eigenvalue weighted by molar-refractivity contribution is -0.145. The minimum atomic E-state index is -1.10. The maximum absolute atomic E-state index is 11.4. The van der Waals surface area contributed by atoms with Crippen molar-refractivity contribution >= 4 is 17.6 Å². The first kappa shape index (κ1) is 9.64. The number of aromatic nitrogens is 1. The number of carboxylic acids is 1. The van der Waals surface area contributed by atoms with E-state index in [0.29, 0.717) is 5.69 Å². The van der Waals surface area contributed by atoms with Crippen LogP contribution in [0.25, 0.3) is 0 Å². The molecule has 2 rings (SSSR count). The lowest BCUT2D eigenvalue weighted by atomic mass is 9.93. The average Bonchev–Trinajstić information content (AvgIpc) is 2.16. The van der Waals surface area contributed by atoms with Crippen LogP contribution < -0.4 is 5.32 Å². The lowest BCUT2D eigenvalue weighted by Crippen LogP contribution is -2.35. The number of hydrogen-bond donors (Lipinski definition) is 2. The minimum Gasteiger partial charge on any atom is -0.481 e. The fourth-order valence-corrected chi connectivity index (χ4v) is 1.69. The summed E-state index contributed by atoms with van der Waals surface area (Å²) in [5.41, 5.74) is 2.24. The van der Waals surface area contributed by atoms with Crippen molar-refractivity contribution < 1.29 is 14.7 Å². The zero-order chi connectivity index (χ0) is 11.0. The van der Waals surface area contributed by atoms with Crippen LogP contribution in [0.2, 0.25) is 0 Å². The third-order valence-electron chi connectivity index (χ3n) is 2.55. The fourth-order valence-electron chi connectivity index (χ4n) is 1.69. The van der Waals surface area contributed by atoms with Gasteiger partial charge in [-0.3, -0.25) is 14.6 Å². The van der Waals surface area contributed by atoms with Crippen LogP contribution in [0.4, 0.5) is 5.69 Å². The summed E-state index contributed by atoms with van der Waals surface area (Å²) in [5, 5.41) is 11.4. The van der Waals surface area contributed by atoms with Crippen molar-refractivity contribution in [2.45, 2.75) is 13.3 Å². The summed E-state index contributed by atoms with van der Waals surface area (Å²) in [4.78, 5) is 26.3. The summed E-state index contributed by atoms with van der Waals surface area (Å²) in [5.74, 6) is -2.55. The molecule has 78 valence electrons. The summed E-state index contributed by atoms with van der Waals surface area (Å²) >= 11 is 0. The molecule has 5 nitrogen and oxygen atoms in total. The fraction of sp³-hybridized carbons (Fsp3) is 0.300. The van der Waals surface area contributed by atoms with Gasteiger partial charge >= 0.3 is 5.97 Å². The molecule has 0 saturated carbocycles. The van der Waals surface area contributed by atoms with Crippen LogP contribution in [-0.4, -0.2) is 22.0 Å². The number of amides is 1. The van der Waals surface area contributed by atoms with Crippen molar-refractivity contribution in [1.82, 2.24) is 4.98 Å². The van der Waals surface area contributed by atoms with Crippen LogP contribution in [-0.2, 0) is 16.0 Å². The van der Waals surface area contributed by atoms with E-state index in [1.54, 1.807) is 19.2 Å². The van der Waals surface area contributed by atoms with Crippen molar-refractivity contribution in [2.24, 2.45) is 5.92 Å². The number of nitrogens with zero attached hydrogens (tertiary/aromatic N) is 1. The Labute approximate surface area is 86.1 Å². The summed E-state index contributed by atoms with van der Waals surface area (Å²) < 4.78 is 0. The first-order valence-electron chi connectivity index (χ1n) is 4.57. The average molecular weight is 206 g/mol. The standard InChI is InChI=1S/C10H10N2O3/c1-5-6-4-7(10(14)15)9(13)12-8(6)2-3-11-5/h2-3,7H,4H2,1H3,(H,12,13)(H,14,15). The van der Waals surface area contributed by atoms with Crippen LogP contribution in [0.15, 0.2) is 12.3 Å². The second-order valence-corrected chi connectivity index (χ2v) is 3.51. The highest BCUT2D eigenvalue weighted by atomic mass is 16.4. The number of anilines is 1. The van der Waals surface area contributed by atoms with Gasteiger partial charge in [-0.05, 0) is 25.0 Å². The number of carbonyl (C=O) groups excluding carboxylic acids is 1. The molecule has 1 aliphatic rings. The van der Waals surface area contributed by atoms with Gasteiger partial charge in [0, 0.05) is 17.6 Å². The second-order valence-electron chi connectivity index (χ2n) is 3.51. The summed E-state index contributed by atoms with van der Waals surface area (Å²) in [7, 11) is 0. The number of rotatable bonds is 1. The Hall–Kier alpha value is -1.91. The summed E-state index contributed by atoms with van der Waals surface area (Å²) in [6.07, 6.45) is 1.81. The number of pyridine rings is 1. The molecule has 1 unspecified atom stereocenters. The van der Waals surface area contributed by atoms with E-state index in [0.717, 1.165) is 11.3 Å². The van der Waals surface area contributed by atoms with E-state index in [4.69, 9.17) is 5.11 Å². The van der Waals surface area contributed by atoms with Gasteiger partial charge in [0.2, 0.25) is 5.91 Å². The molecule has 0 bridgehead atoms. The zero-order valence-corrected chi connectivity index (χ0v) is 8.15. The van der Waals surface area contributed by atoms with Crippen LogP contribution in [0.3, 0.4) is 0 Å². The second kappa shape index (κ2) is 3.34. The quantitative estimate of drug-likeness (QED) is 0.659. The highest BCUT2D eigenvalue weighted by molar-refractivity contribution is 6.06. The van der Waals surface area contributed by atoms with Gasteiger partial charge in [-0.1, -0.05) is 0 Å². The topological polar surface area (TPSA) is 79.3 Å². The molecule has 5 heteroatoms. The molecule has 0 saturated heterocycles. The van der Waals surface area contributed by atoms with Gasteiger partial charge in [0.1, 0.15) is 5.92 Å². The molecule has 0 aromatic carbocycles. The van der Waals surface area contributed by atoms with E-state index >= 15 is 0 Å². The van der Waals surface area contributed by atoms with E-state index < -0.39 is 17.8 Å². The zero-order valence-electron chi connectivity index (χ0n) is 8.15. The molecule has 0 aliphatic carbocycles. The summed E-state index contributed by atoms with van der Waals surface area (Å²) in [6, 6.07) is 1.68. The molecule has 0 spiro atoms. The van der Waals surface area contributed by atoms with Gasteiger partial charge in [-0.25, -0.2) is 0 Å². The maximum atomic E-state index is 11.4. The molecule has 1 atom stereocenters. The van der Waals surface area contributed by atoms with Gasteiger partial charge < -0.3 is 10.4 Å². The van der Waals surface area contributed by atoms with E-state index in [9.17, 15) is 9.59 Å². The van der Waals surface area contributed by atoms with E-state index in [1.807, 2.05) is 0 Å². The predicted molar refractivity (Wildman–Crippen MR) is 52.4 cm³/mol. The molecule has 1 aliphatic heterocycles. The number of hydrogen-bond acceptors (Lipinski definition) is 3. The SMILES string of the molecule is Cc1nccc2c1CC(C(=O)O)C(=O)N2. The number of carboxylic acid groups (broad SMARTS) is 1. The molecule has 2 N–H and O–H groups in total. The van der Waals surface area contributed by atoms with Gasteiger partial charge in [0.05, 0.1) is 0 Å². The third-order valence-corrected chi connectivity index (χ3v) is 2.55. The molecular weight excluding hydrogens is 196 g/mol. The van der Waals surface area contributed by atoms with Crippen LogP contribution in [0.5, 0.6) is 0 Å². The van der Waals surface area contributed by atoms with Crippen LogP contribution in [0.1, 0.15) is 11.3 Å². The molecule has 1 aromatic rings. The maximum Gasteiger partial charge on any atom is 0.316 e. The first-order chi connectivity index (χ1) is 7.09. The molecule has 1 amide bonds. The number of carbonyl (C=O) groups is 2. The predicted octanol–water partition coefficient (Wildman–Crippen LogP) is 0.585. The highest BCUT2D eigenvalue weighted by Crippen LogP contribution is 2.26. The smallest absolute Gasteiger partial charge is 0.316 e. The Balaban J connectivity index is 2.43. The van der Waals surface area contributed by atoms with Crippen molar-refractivity contribution in [2.75, 3.05) is 5.32 Å². The van der Waals surface area contributed by atoms with E-state index in [-0.39, 0.29) is 6.42 Å². The Morgan fingerprint density at radius 3 is 3.07 bits per heavy atom. The van der Waals surface area contributed by atoms with Gasteiger partial charge in [0.25, 0.3) is 0 Å². The van der Waals surface area contributed by atoms with Gasteiger partial charge in [0.15, 0.2) is 0 Å². The van der Waals surface area contributed by atoms with Crippen molar-refractivity contribution in [1.29, 1.82) is 0 Å². The number of nitrogens with one attached hydrogen (secondary N) is 1. The largest absolute Gasteiger partial charge is 0.481 e. The molecule has 15 heavy (non-hydrogen) atoms. The van der Waals surface area contributed by atoms with Crippen molar-refractivity contribution in [3.05, 3.63) is 23.5 Å². The van der Waals surface area contributed by atoms with E-state index in [1.165, 1.54) is 0 Å². The molecule has 0 fully saturated rings. The monoisotopic (exact) mass is 206 g/mol. The number of aliphatic carboxylic acids is 1. The molecule has 1 aromatic heterocycles. The molecule has 0 radical (unpaired) electrons. The Morgan fingerprint density at radius 2 is 2.40 bits per heavy atom. The van der Waals surface area contributed by atoms with Gasteiger partial charge in [-0.15, -0.1) is 0 Å².